The normalized spacial score (nSPS) is 12.9. The van der Waals surface area contributed by atoms with Crippen molar-refractivity contribution >= 4 is 39.9 Å². The van der Waals surface area contributed by atoms with Crippen LogP contribution in [0, 0.1) is 13.8 Å². The highest BCUT2D eigenvalue weighted by Crippen LogP contribution is 2.39. The molecule has 0 aliphatic heterocycles. The predicted molar refractivity (Wildman–Crippen MR) is 100 cm³/mol. The molecular weight excluding hydrogens is 340 g/mol. The molecule has 0 unspecified atom stereocenters. The molecule has 4 nitrogen and oxygen atoms in total. The molecule has 126 valence electrons. The fourth-order valence-electron chi connectivity index (χ4n) is 3.02. The van der Waals surface area contributed by atoms with E-state index >= 15 is 0 Å². The van der Waals surface area contributed by atoms with Crippen molar-refractivity contribution in [2.45, 2.75) is 38.0 Å². The van der Waals surface area contributed by atoms with E-state index in [1.807, 2.05) is 19.1 Å². The number of carbonyl (C=O) groups is 2. The zero-order valence-electron chi connectivity index (χ0n) is 13.8. The third-order valence-corrected chi connectivity index (χ3v) is 6.49. The summed E-state index contributed by atoms with van der Waals surface area (Å²) >= 11 is 2.99. The molecule has 2 amide bonds. The van der Waals surface area contributed by atoms with Crippen LogP contribution in [-0.4, -0.2) is 17.6 Å². The van der Waals surface area contributed by atoms with Crippen LogP contribution in [0.4, 0.5) is 5.00 Å². The number of aryl methyl sites for hydroxylation is 3. The molecule has 1 aromatic heterocycles. The van der Waals surface area contributed by atoms with Gasteiger partial charge in [0.2, 0.25) is 5.91 Å². The van der Waals surface area contributed by atoms with Crippen LogP contribution in [0.2, 0.25) is 0 Å². The second-order valence-corrected chi connectivity index (χ2v) is 8.15. The Kier molecular flexibility index (Phi) is 4.96. The second-order valence-electron chi connectivity index (χ2n) is 6.03. The van der Waals surface area contributed by atoms with Crippen molar-refractivity contribution in [1.29, 1.82) is 0 Å². The number of primary amides is 1. The van der Waals surface area contributed by atoms with Gasteiger partial charge in [0.25, 0.3) is 5.91 Å². The molecule has 0 saturated heterocycles. The summed E-state index contributed by atoms with van der Waals surface area (Å²) in [5.41, 5.74) is 9.44. The lowest BCUT2D eigenvalue weighted by Gasteiger charge is -2.08. The maximum absolute atomic E-state index is 12.3. The van der Waals surface area contributed by atoms with Gasteiger partial charge in [0.15, 0.2) is 0 Å². The Balaban J connectivity index is 1.68. The lowest BCUT2D eigenvalue weighted by molar-refractivity contribution is -0.113. The van der Waals surface area contributed by atoms with Crippen molar-refractivity contribution in [2.24, 2.45) is 5.73 Å². The first-order valence-corrected chi connectivity index (χ1v) is 9.70. The number of carbonyl (C=O) groups excluding carboxylic acids is 2. The van der Waals surface area contributed by atoms with Gasteiger partial charge in [-0.2, -0.15) is 0 Å². The minimum atomic E-state index is -0.452. The molecule has 0 saturated carbocycles. The maximum Gasteiger partial charge on any atom is 0.251 e. The van der Waals surface area contributed by atoms with Crippen molar-refractivity contribution < 1.29 is 9.59 Å². The van der Waals surface area contributed by atoms with E-state index < -0.39 is 5.91 Å². The van der Waals surface area contributed by atoms with Crippen molar-refractivity contribution in [2.75, 3.05) is 11.1 Å². The summed E-state index contributed by atoms with van der Waals surface area (Å²) in [7, 11) is 0. The Morgan fingerprint density at radius 3 is 2.79 bits per heavy atom. The van der Waals surface area contributed by atoms with E-state index in [4.69, 9.17) is 5.73 Å². The fourth-order valence-corrected chi connectivity index (χ4v) is 5.14. The third kappa shape index (κ3) is 3.49. The zero-order chi connectivity index (χ0) is 17.3. The summed E-state index contributed by atoms with van der Waals surface area (Å²) in [6.07, 6.45) is 2.89. The van der Waals surface area contributed by atoms with E-state index in [1.165, 1.54) is 39.1 Å². The average molecular weight is 361 g/mol. The van der Waals surface area contributed by atoms with E-state index in [1.54, 1.807) is 0 Å². The first-order valence-electron chi connectivity index (χ1n) is 7.90. The zero-order valence-corrected chi connectivity index (χ0v) is 15.4. The second kappa shape index (κ2) is 6.99. The number of nitrogens with one attached hydrogen (secondary N) is 1. The summed E-state index contributed by atoms with van der Waals surface area (Å²) < 4.78 is 0. The van der Waals surface area contributed by atoms with Crippen LogP contribution < -0.4 is 11.1 Å². The van der Waals surface area contributed by atoms with E-state index in [0.29, 0.717) is 16.3 Å². The highest BCUT2D eigenvalue weighted by atomic mass is 32.2. The Morgan fingerprint density at radius 2 is 2.08 bits per heavy atom. The molecule has 0 spiro atoms. The summed E-state index contributed by atoms with van der Waals surface area (Å²) in [6, 6.07) is 6.19. The van der Waals surface area contributed by atoms with Crippen LogP contribution in [-0.2, 0) is 17.6 Å². The molecule has 0 radical (unpaired) electrons. The van der Waals surface area contributed by atoms with E-state index in [0.717, 1.165) is 29.7 Å². The number of hydrogen-bond donors (Lipinski definition) is 2. The van der Waals surface area contributed by atoms with Gasteiger partial charge < -0.3 is 11.1 Å². The van der Waals surface area contributed by atoms with Crippen molar-refractivity contribution in [3.63, 3.8) is 0 Å². The summed E-state index contributed by atoms with van der Waals surface area (Å²) in [5, 5.41) is 3.49. The van der Waals surface area contributed by atoms with Crippen LogP contribution in [0.5, 0.6) is 0 Å². The fraction of sp³-hybridized carbons (Fsp3) is 0.333. The molecule has 3 rings (SSSR count). The lowest BCUT2D eigenvalue weighted by Crippen LogP contribution is -2.18. The molecule has 1 heterocycles. The van der Waals surface area contributed by atoms with Crippen LogP contribution in [0.3, 0.4) is 0 Å². The number of benzene rings is 1. The van der Waals surface area contributed by atoms with Crippen LogP contribution >= 0.6 is 23.1 Å². The van der Waals surface area contributed by atoms with Crippen molar-refractivity contribution in [1.82, 2.24) is 0 Å². The lowest BCUT2D eigenvalue weighted by atomic mass is 10.1. The molecule has 0 atom stereocenters. The first-order chi connectivity index (χ1) is 11.5. The Bertz CT molecular complexity index is 812. The number of fused-ring (bicyclic) bond motifs is 1. The summed E-state index contributed by atoms with van der Waals surface area (Å²) in [4.78, 5) is 26.3. The number of amides is 2. The Labute approximate surface area is 149 Å². The Morgan fingerprint density at radius 1 is 1.29 bits per heavy atom. The quantitative estimate of drug-likeness (QED) is 0.799. The minimum absolute atomic E-state index is 0.109. The van der Waals surface area contributed by atoms with Gasteiger partial charge >= 0.3 is 0 Å². The first kappa shape index (κ1) is 17.0. The topological polar surface area (TPSA) is 72.2 Å². The summed E-state index contributed by atoms with van der Waals surface area (Å²) in [6.45, 7) is 4.10. The standard InChI is InChI=1S/C18H20N2O2S2/c1-10-6-7-13(11(2)8-10)23-9-15(21)20-18-16(17(19)22)12-4-3-5-14(12)24-18/h6-8H,3-5,9H2,1-2H3,(H2,19,22)(H,20,21). The molecule has 1 aromatic carbocycles. The van der Waals surface area contributed by atoms with Gasteiger partial charge in [-0.3, -0.25) is 9.59 Å². The largest absolute Gasteiger partial charge is 0.365 e. The van der Waals surface area contributed by atoms with Crippen molar-refractivity contribution in [3.05, 3.63) is 45.3 Å². The maximum atomic E-state index is 12.3. The molecule has 6 heteroatoms. The number of anilines is 1. The summed E-state index contributed by atoms with van der Waals surface area (Å²) in [5.74, 6) is -0.251. The number of rotatable bonds is 5. The molecule has 0 bridgehead atoms. The molecule has 1 aliphatic carbocycles. The van der Waals surface area contributed by atoms with Crippen LogP contribution in [0.1, 0.15) is 38.3 Å². The van der Waals surface area contributed by atoms with Gasteiger partial charge in [0, 0.05) is 9.77 Å². The number of hydrogen-bond acceptors (Lipinski definition) is 4. The molecular formula is C18H20N2O2S2. The van der Waals surface area contributed by atoms with Gasteiger partial charge in [-0.15, -0.1) is 23.1 Å². The van der Waals surface area contributed by atoms with Gasteiger partial charge in [-0.1, -0.05) is 17.7 Å². The molecule has 2 aromatic rings. The van der Waals surface area contributed by atoms with Crippen LogP contribution in [0.25, 0.3) is 0 Å². The Hall–Kier alpha value is -1.79. The molecule has 0 fully saturated rings. The van der Waals surface area contributed by atoms with Gasteiger partial charge in [0.05, 0.1) is 11.3 Å². The minimum Gasteiger partial charge on any atom is -0.365 e. The van der Waals surface area contributed by atoms with Crippen LogP contribution in [0.15, 0.2) is 23.1 Å². The number of thiophene rings is 1. The smallest absolute Gasteiger partial charge is 0.251 e. The van der Waals surface area contributed by atoms with E-state index in [-0.39, 0.29) is 5.91 Å². The highest BCUT2D eigenvalue weighted by Gasteiger charge is 2.26. The molecule has 24 heavy (non-hydrogen) atoms. The SMILES string of the molecule is Cc1ccc(SCC(=O)Nc2sc3c(c2C(N)=O)CCC3)c(C)c1. The highest BCUT2D eigenvalue weighted by molar-refractivity contribution is 8.00. The average Bonchev–Trinajstić information content (AvgIpc) is 3.06. The van der Waals surface area contributed by atoms with Gasteiger partial charge in [-0.25, -0.2) is 0 Å². The number of thioether (sulfide) groups is 1. The number of nitrogens with two attached hydrogens (primary N) is 1. The van der Waals surface area contributed by atoms with E-state index in [2.05, 4.69) is 18.3 Å². The van der Waals surface area contributed by atoms with E-state index in [9.17, 15) is 9.59 Å². The third-order valence-electron chi connectivity index (χ3n) is 4.11. The predicted octanol–water partition coefficient (Wildman–Crippen LogP) is 3.68. The molecule has 3 N–H and O–H groups in total. The van der Waals surface area contributed by atoms with Crippen molar-refractivity contribution in [3.8, 4) is 0 Å². The molecule has 1 aliphatic rings. The monoisotopic (exact) mass is 360 g/mol. The van der Waals surface area contributed by atoms with Gasteiger partial charge in [0.1, 0.15) is 5.00 Å². The van der Waals surface area contributed by atoms with Gasteiger partial charge in [-0.05, 0) is 50.3 Å².